The van der Waals surface area contributed by atoms with Gasteiger partial charge in [0.25, 0.3) is 0 Å². The third-order valence-electron chi connectivity index (χ3n) is 2.41. The van der Waals surface area contributed by atoms with Gasteiger partial charge in [-0.3, -0.25) is 0 Å². The SMILES string of the molecule is COc1c(Cl)cccc1C(C)(C)CN. The van der Waals surface area contributed by atoms with Crippen LogP contribution in [0.25, 0.3) is 0 Å². The van der Waals surface area contributed by atoms with Gasteiger partial charge in [-0.25, -0.2) is 0 Å². The number of methoxy groups -OCH3 is 1. The third kappa shape index (κ3) is 2.02. The van der Waals surface area contributed by atoms with Gasteiger partial charge in [-0.15, -0.1) is 0 Å². The van der Waals surface area contributed by atoms with Crippen molar-refractivity contribution in [3.8, 4) is 5.75 Å². The van der Waals surface area contributed by atoms with Gasteiger partial charge in [0, 0.05) is 17.5 Å². The third-order valence-corrected chi connectivity index (χ3v) is 2.71. The molecule has 1 aromatic rings. The lowest BCUT2D eigenvalue weighted by atomic mass is 9.84. The van der Waals surface area contributed by atoms with Crippen molar-refractivity contribution in [1.82, 2.24) is 0 Å². The van der Waals surface area contributed by atoms with Crippen molar-refractivity contribution in [2.75, 3.05) is 13.7 Å². The molecule has 0 bridgehead atoms. The first kappa shape index (κ1) is 11.3. The monoisotopic (exact) mass is 213 g/mol. The first-order chi connectivity index (χ1) is 6.53. The maximum Gasteiger partial charge on any atom is 0.141 e. The highest BCUT2D eigenvalue weighted by molar-refractivity contribution is 6.32. The van der Waals surface area contributed by atoms with Gasteiger partial charge < -0.3 is 10.5 Å². The summed E-state index contributed by atoms with van der Waals surface area (Å²) in [7, 11) is 1.62. The molecule has 0 aliphatic carbocycles. The van der Waals surface area contributed by atoms with Crippen LogP contribution in [-0.2, 0) is 5.41 Å². The number of rotatable bonds is 3. The van der Waals surface area contributed by atoms with E-state index in [9.17, 15) is 0 Å². The maximum atomic E-state index is 6.03. The van der Waals surface area contributed by atoms with Gasteiger partial charge in [-0.1, -0.05) is 37.6 Å². The molecule has 2 N–H and O–H groups in total. The Bertz CT molecular complexity index is 323. The van der Waals surface area contributed by atoms with Crippen LogP contribution in [0.1, 0.15) is 19.4 Å². The van der Waals surface area contributed by atoms with E-state index >= 15 is 0 Å². The Labute approximate surface area is 90.0 Å². The molecule has 0 spiro atoms. The minimum Gasteiger partial charge on any atom is -0.495 e. The van der Waals surface area contributed by atoms with Gasteiger partial charge in [-0.05, 0) is 6.07 Å². The van der Waals surface area contributed by atoms with Crippen LogP contribution in [0.3, 0.4) is 0 Å². The van der Waals surface area contributed by atoms with Gasteiger partial charge in [0.2, 0.25) is 0 Å². The summed E-state index contributed by atoms with van der Waals surface area (Å²) in [5.41, 5.74) is 6.65. The molecular weight excluding hydrogens is 198 g/mol. The molecule has 1 aromatic carbocycles. The van der Waals surface area contributed by atoms with Gasteiger partial charge in [0.1, 0.15) is 5.75 Å². The largest absolute Gasteiger partial charge is 0.495 e. The first-order valence-electron chi connectivity index (χ1n) is 4.56. The average Bonchev–Trinajstić information content (AvgIpc) is 2.17. The highest BCUT2D eigenvalue weighted by atomic mass is 35.5. The number of hydrogen-bond acceptors (Lipinski definition) is 2. The van der Waals surface area contributed by atoms with Crippen LogP contribution in [-0.4, -0.2) is 13.7 Å². The molecular formula is C11H16ClNO. The lowest BCUT2D eigenvalue weighted by Crippen LogP contribution is -2.28. The van der Waals surface area contributed by atoms with E-state index in [1.165, 1.54) is 0 Å². The second-order valence-corrected chi connectivity index (χ2v) is 4.32. The van der Waals surface area contributed by atoms with Crippen LogP contribution in [0.4, 0.5) is 0 Å². The predicted molar refractivity (Wildman–Crippen MR) is 60.1 cm³/mol. The van der Waals surface area contributed by atoms with E-state index in [0.717, 1.165) is 11.3 Å². The number of ether oxygens (including phenoxy) is 1. The number of halogens is 1. The molecule has 0 aliphatic heterocycles. The van der Waals surface area contributed by atoms with Crippen molar-refractivity contribution in [3.63, 3.8) is 0 Å². The fraction of sp³-hybridized carbons (Fsp3) is 0.455. The molecule has 0 atom stereocenters. The zero-order valence-corrected chi connectivity index (χ0v) is 9.56. The van der Waals surface area contributed by atoms with Crippen LogP contribution < -0.4 is 10.5 Å². The Kier molecular flexibility index (Phi) is 3.40. The molecule has 14 heavy (non-hydrogen) atoms. The molecule has 1 rings (SSSR count). The van der Waals surface area contributed by atoms with E-state index in [1.807, 2.05) is 18.2 Å². The summed E-state index contributed by atoms with van der Waals surface area (Å²) in [5.74, 6) is 0.726. The predicted octanol–water partition coefficient (Wildman–Crippen LogP) is 2.58. The summed E-state index contributed by atoms with van der Waals surface area (Å²) in [6, 6.07) is 5.73. The summed E-state index contributed by atoms with van der Waals surface area (Å²) in [6.45, 7) is 4.70. The highest BCUT2D eigenvalue weighted by Crippen LogP contribution is 2.35. The van der Waals surface area contributed by atoms with E-state index in [-0.39, 0.29) is 5.41 Å². The fourth-order valence-corrected chi connectivity index (χ4v) is 1.61. The Morgan fingerprint density at radius 2 is 2.07 bits per heavy atom. The summed E-state index contributed by atoms with van der Waals surface area (Å²) < 4.78 is 5.28. The van der Waals surface area contributed by atoms with Crippen molar-refractivity contribution in [3.05, 3.63) is 28.8 Å². The Balaban J connectivity index is 3.27. The molecule has 2 nitrogen and oxygen atoms in total. The molecule has 0 amide bonds. The highest BCUT2D eigenvalue weighted by Gasteiger charge is 2.23. The molecule has 0 saturated carbocycles. The second kappa shape index (κ2) is 4.20. The fourth-order valence-electron chi connectivity index (χ4n) is 1.36. The number of benzene rings is 1. The maximum absolute atomic E-state index is 6.03. The quantitative estimate of drug-likeness (QED) is 0.838. The van der Waals surface area contributed by atoms with E-state index in [1.54, 1.807) is 7.11 Å². The van der Waals surface area contributed by atoms with Gasteiger partial charge >= 0.3 is 0 Å². The standard InChI is InChI=1S/C11H16ClNO/c1-11(2,7-13)8-5-4-6-9(12)10(8)14-3/h4-6H,7,13H2,1-3H3. The molecule has 3 heteroatoms. The average molecular weight is 214 g/mol. The molecule has 0 heterocycles. The van der Waals surface area contributed by atoms with Gasteiger partial charge in [0.15, 0.2) is 0 Å². The van der Waals surface area contributed by atoms with Crippen LogP contribution in [0.15, 0.2) is 18.2 Å². The van der Waals surface area contributed by atoms with Crippen molar-refractivity contribution >= 4 is 11.6 Å². The van der Waals surface area contributed by atoms with Crippen molar-refractivity contribution in [1.29, 1.82) is 0 Å². The van der Waals surface area contributed by atoms with Crippen molar-refractivity contribution < 1.29 is 4.74 Å². The lowest BCUT2D eigenvalue weighted by Gasteiger charge is -2.25. The summed E-state index contributed by atoms with van der Waals surface area (Å²) in [4.78, 5) is 0. The Morgan fingerprint density at radius 3 is 2.57 bits per heavy atom. The van der Waals surface area contributed by atoms with Crippen LogP contribution in [0.5, 0.6) is 5.75 Å². The van der Waals surface area contributed by atoms with E-state index in [4.69, 9.17) is 22.1 Å². The first-order valence-corrected chi connectivity index (χ1v) is 4.94. The number of hydrogen-bond donors (Lipinski definition) is 1. The van der Waals surface area contributed by atoms with Crippen LogP contribution >= 0.6 is 11.6 Å². The molecule has 0 radical (unpaired) electrons. The lowest BCUT2D eigenvalue weighted by molar-refractivity contribution is 0.394. The molecule has 0 unspecified atom stereocenters. The smallest absolute Gasteiger partial charge is 0.141 e. The Morgan fingerprint density at radius 1 is 1.43 bits per heavy atom. The van der Waals surface area contributed by atoms with E-state index < -0.39 is 0 Å². The molecule has 78 valence electrons. The van der Waals surface area contributed by atoms with Crippen LogP contribution in [0, 0.1) is 0 Å². The van der Waals surface area contributed by atoms with Gasteiger partial charge in [-0.2, -0.15) is 0 Å². The molecule has 0 aromatic heterocycles. The molecule has 0 saturated heterocycles. The molecule has 0 fully saturated rings. The summed E-state index contributed by atoms with van der Waals surface area (Å²) in [5, 5.41) is 0.631. The molecule has 0 aliphatic rings. The summed E-state index contributed by atoms with van der Waals surface area (Å²) >= 11 is 6.03. The summed E-state index contributed by atoms with van der Waals surface area (Å²) in [6.07, 6.45) is 0. The number of para-hydroxylation sites is 1. The van der Waals surface area contributed by atoms with Gasteiger partial charge in [0.05, 0.1) is 12.1 Å². The van der Waals surface area contributed by atoms with E-state index in [2.05, 4.69) is 13.8 Å². The second-order valence-electron chi connectivity index (χ2n) is 3.91. The van der Waals surface area contributed by atoms with Crippen molar-refractivity contribution in [2.24, 2.45) is 5.73 Å². The normalized spacial score (nSPS) is 11.5. The van der Waals surface area contributed by atoms with Crippen LogP contribution in [0.2, 0.25) is 5.02 Å². The van der Waals surface area contributed by atoms with Crippen molar-refractivity contribution in [2.45, 2.75) is 19.3 Å². The van der Waals surface area contributed by atoms with E-state index in [0.29, 0.717) is 11.6 Å². The minimum absolute atomic E-state index is 0.115. The zero-order valence-electron chi connectivity index (χ0n) is 8.80. The topological polar surface area (TPSA) is 35.2 Å². The zero-order chi connectivity index (χ0) is 10.8. The minimum atomic E-state index is -0.115. The Hall–Kier alpha value is -0.730. The number of nitrogens with two attached hydrogens (primary N) is 1.